The normalized spacial score (nSPS) is 25.6. The van der Waals surface area contributed by atoms with Crippen LogP contribution in [0.15, 0.2) is 0 Å². The molecule has 0 aromatic rings. The van der Waals surface area contributed by atoms with Gasteiger partial charge in [0.25, 0.3) is 0 Å². The molecule has 0 aromatic heterocycles. The van der Waals surface area contributed by atoms with E-state index in [4.69, 9.17) is 0 Å². The van der Waals surface area contributed by atoms with Crippen LogP contribution in [0.4, 0.5) is 13.2 Å². The molecular weight excluding hydrogens is 237 g/mol. The van der Waals surface area contributed by atoms with Crippen LogP contribution < -0.4 is 10.6 Å². The van der Waals surface area contributed by atoms with Crippen molar-refractivity contribution in [2.75, 3.05) is 19.6 Å². The number of nitrogens with one attached hydrogen (secondary N) is 2. The van der Waals surface area contributed by atoms with Gasteiger partial charge in [-0.25, -0.2) is 0 Å². The second kappa shape index (κ2) is 5.68. The van der Waals surface area contributed by atoms with Crippen molar-refractivity contribution < 1.29 is 23.1 Å². The van der Waals surface area contributed by atoms with E-state index in [9.17, 15) is 23.1 Å². The van der Waals surface area contributed by atoms with Crippen molar-refractivity contribution in [3.63, 3.8) is 0 Å². The fourth-order valence-electron chi connectivity index (χ4n) is 1.71. The lowest BCUT2D eigenvalue weighted by molar-refractivity contribution is -0.144. The zero-order chi connectivity index (χ0) is 12.9. The van der Waals surface area contributed by atoms with E-state index in [1.54, 1.807) is 0 Å². The number of amides is 1. The Balaban J connectivity index is 2.23. The molecule has 100 valence electrons. The quantitative estimate of drug-likeness (QED) is 0.687. The predicted molar refractivity (Wildman–Crippen MR) is 55.4 cm³/mol. The number of hydrogen-bond acceptors (Lipinski definition) is 3. The molecule has 17 heavy (non-hydrogen) atoms. The van der Waals surface area contributed by atoms with Crippen LogP contribution in [0, 0.1) is 0 Å². The van der Waals surface area contributed by atoms with E-state index in [-0.39, 0.29) is 6.54 Å². The third kappa shape index (κ3) is 5.88. The minimum Gasteiger partial charge on any atom is -0.387 e. The maximum Gasteiger partial charge on any atom is 0.389 e. The van der Waals surface area contributed by atoms with E-state index in [1.165, 1.54) is 0 Å². The van der Waals surface area contributed by atoms with Gasteiger partial charge in [0.1, 0.15) is 0 Å². The first kappa shape index (κ1) is 14.2. The standard InChI is InChI=1S/C10H17F3N2O2/c11-10(12,13)4-2-8(16)15-7-9(17)3-1-5-14-6-9/h14,17H,1-7H2,(H,15,16). The maximum absolute atomic E-state index is 11.8. The van der Waals surface area contributed by atoms with Crippen LogP contribution in [-0.2, 0) is 4.79 Å². The smallest absolute Gasteiger partial charge is 0.387 e. The third-order valence-electron chi connectivity index (χ3n) is 2.70. The van der Waals surface area contributed by atoms with Gasteiger partial charge in [-0.15, -0.1) is 0 Å². The van der Waals surface area contributed by atoms with Gasteiger partial charge in [-0.3, -0.25) is 4.79 Å². The average Bonchev–Trinajstić information content (AvgIpc) is 2.24. The highest BCUT2D eigenvalue weighted by Crippen LogP contribution is 2.21. The van der Waals surface area contributed by atoms with Gasteiger partial charge in [-0.1, -0.05) is 0 Å². The highest BCUT2D eigenvalue weighted by atomic mass is 19.4. The van der Waals surface area contributed by atoms with Gasteiger partial charge in [-0.2, -0.15) is 13.2 Å². The minimum absolute atomic E-state index is 0.00328. The summed E-state index contributed by atoms with van der Waals surface area (Å²) in [5.74, 6) is -0.679. The van der Waals surface area contributed by atoms with E-state index in [1.807, 2.05) is 0 Å². The molecule has 0 bridgehead atoms. The molecule has 1 atom stereocenters. The highest BCUT2D eigenvalue weighted by Gasteiger charge is 2.31. The molecule has 0 aromatic carbocycles. The number of rotatable bonds is 4. The lowest BCUT2D eigenvalue weighted by Crippen LogP contribution is -2.52. The first-order valence-corrected chi connectivity index (χ1v) is 5.57. The van der Waals surface area contributed by atoms with E-state index in [0.717, 1.165) is 13.0 Å². The summed E-state index contributed by atoms with van der Waals surface area (Å²) in [4.78, 5) is 11.1. The number of carbonyl (C=O) groups is 1. The Kier molecular flexibility index (Phi) is 4.76. The van der Waals surface area contributed by atoms with Crippen molar-refractivity contribution in [1.29, 1.82) is 0 Å². The van der Waals surface area contributed by atoms with E-state index >= 15 is 0 Å². The number of alkyl halides is 3. The summed E-state index contributed by atoms with van der Waals surface area (Å²) in [5, 5.41) is 15.3. The molecule has 1 aliphatic heterocycles. The summed E-state index contributed by atoms with van der Waals surface area (Å²) in [6, 6.07) is 0. The van der Waals surface area contributed by atoms with Gasteiger partial charge in [0.2, 0.25) is 5.91 Å². The Morgan fingerprint density at radius 3 is 2.71 bits per heavy atom. The SMILES string of the molecule is O=C(CCC(F)(F)F)NCC1(O)CCCNC1. The van der Waals surface area contributed by atoms with Crippen LogP contribution >= 0.6 is 0 Å². The molecule has 1 fully saturated rings. The molecular formula is C10H17F3N2O2. The highest BCUT2D eigenvalue weighted by molar-refractivity contribution is 5.75. The van der Waals surface area contributed by atoms with Gasteiger partial charge < -0.3 is 15.7 Å². The van der Waals surface area contributed by atoms with Gasteiger partial charge in [0.05, 0.1) is 12.0 Å². The van der Waals surface area contributed by atoms with Crippen LogP contribution in [-0.4, -0.2) is 42.4 Å². The number of halogens is 3. The summed E-state index contributed by atoms with van der Waals surface area (Å²) in [5.41, 5.74) is -1.04. The number of hydrogen-bond donors (Lipinski definition) is 3. The van der Waals surface area contributed by atoms with E-state index in [2.05, 4.69) is 10.6 Å². The number of β-amino-alcohol motifs (C(OH)–C–C–N with tert-alkyl or cyclic N) is 1. The Morgan fingerprint density at radius 1 is 1.47 bits per heavy atom. The molecule has 1 amide bonds. The Hall–Kier alpha value is -0.820. The van der Waals surface area contributed by atoms with Crippen molar-refractivity contribution >= 4 is 5.91 Å². The fraction of sp³-hybridized carbons (Fsp3) is 0.900. The molecule has 1 aliphatic rings. The summed E-state index contributed by atoms with van der Waals surface area (Å²) in [7, 11) is 0. The van der Waals surface area contributed by atoms with E-state index in [0.29, 0.717) is 13.0 Å². The maximum atomic E-state index is 11.8. The fourth-order valence-corrected chi connectivity index (χ4v) is 1.71. The van der Waals surface area contributed by atoms with Crippen molar-refractivity contribution in [2.24, 2.45) is 0 Å². The van der Waals surface area contributed by atoms with Crippen molar-refractivity contribution in [3.8, 4) is 0 Å². The molecule has 0 spiro atoms. The first-order valence-electron chi connectivity index (χ1n) is 5.57. The van der Waals surface area contributed by atoms with Gasteiger partial charge in [-0.05, 0) is 19.4 Å². The number of carbonyl (C=O) groups excluding carboxylic acids is 1. The van der Waals surface area contributed by atoms with Crippen LogP contribution in [0.1, 0.15) is 25.7 Å². The Morgan fingerprint density at radius 2 is 2.18 bits per heavy atom. The van der Waals surface area contributed by atoms with E-state index < -0.39 is 30.5 Å². The second-order valence-corrected chi connectivity index (χ2v) is 4.40. The zero-order valence-electron chi connectivity index (χ0n) is 9.44. The van der Waals surface area contributed by atoms with Gasteiger partial charge in [0, 0.05) is 19.5 Å². The molecule has 0 saturated carbocycles. The molecule has 1 rings (SSSR count). The van der Waals surface area contributed by atoms with Crippen molar-refractivity contribution in [1.82, 2.24) is 10.6 Å². The van der Waals surface area contributed by atoms with Crippen LogP contribution in [0.25, 0.3) is 0 Å². The van der Waals surface area contributed by atoms with Gasteiger partial charge >= 0.3 is 6.18 Å². The first-order chi connectivity index (χ1) is 7.81. The molecule has 1 heterocycles. The molecule has 1 unspecified atom stereocenters. The molecule has 4 nitrogen and oxygen atoms in total. The summed E-state index contributed by atoms with van der Waals surface area (Å²) in [6.07, 6.45) is -4.71. The van der Waals surface area contributed by atoms with Crippen LogP contribution in [0.2, 0.25) is 0 Å². The van der Waals surface area contributed by atoms with Crippen molar-refractivity contribution in [3.05, 3.63) is 0 Å². The number of piperidine rings is 1. The summed E-state index contributed by atoms with van der Waals surface area (Å²) in [6.45, 7) is 1.16. The Labute approximate surface area is 97.6 Å². The summed E-state index contributed by atoms with van der Waals surface area (Å²) >= 11 is 0. The zero-order valence-corrected chi connectivity index (χ0v) is 9.44. The summed E-state index contributed by atoms with van der Waals surface area (Å²) < 4.78 is 35.5. The molecule has 1 saturated heterocycles. The van der Waals surface area contributed by atoms with Gasteiger partial charge in [0.15, 0.2) is 0 Å². The molecule has 3 N–H and O–H groups in total. The molecule has 0 radical (unpaired) electrons. The largest absolute Gasteiger partial charge is 0.389 e. The lowest BCUT2D eigenvalue weighted by atomic mass is 9.94. The lowest BCUT2D eigenvalue weighted by Gasteiger charge is -2.32. The van der Waals surface area contributed by atoms with Crippen molar-refractivity contribution in [2.45, 2.75) is 37.5 Å². The predicted octanol–water partition coefficient (Wildman–Crippen LogP) is 0.560. The average molecular weight is 254 g/mol. The number of aliphatic hydroxyl groups is 1. The van der Waals surface area contributed by atoms with Crippen LogP contribution in [0.5, 0.6) is 0 Å². The third-order valence-corrected chi connectivity index (χ3v) is 2.70. The van der Waals surface area contributed by atoms with Crippen LogP contribution in [0.3, 0.4) is 0 Å². The second-order valence-electron chi connectivity index (χ2n) is 4.40. The Bertz CT molecular complexity index is 263. The topological polar surface area (TPSA) is 61.4 Å². The molecule has 0 aliphatic carbocycles. The minimum atomic E-state index is -4.32. The monoisotopic (exact) mass is 254 g/mol. The molecule has 7 heteroatoms.